The fraction of sp³-hybridized carbons (Fsp3) is 0.590. The summed E-state index contributed by atoms with van der Waals surface area (Å²) < 4.78 is 21.7. The van der Waals surface area contributed by atoms with E-state index in [4.69, 9.17) is 12.7 Å². The van der Waals surface area contributed by atoms with Crippen molar-refractivity contribution in [3.05, 3.63) is 72.8 Å². The monoisotopic (exact) mass is 816 g/mol. The van der Waals surface area contributed by atoms with E-state index in [9.17, 15) is 0 Å². The van der Waals surface area contributed by atoms with Gasteiger partial charge in [-0.25, -0.2) is 0 Å². The summed E-state index contributed by atoms with van der Waals surface area (Å²) in [4.78, 5) is 0. The molecule has 0 saturated heterocycles. The minimum absolute atomic E-state index is 0.571. The van der Waals surface area contributed by atoms with Crippen LogP contribution in [0.3, 0.4) is 0 Å². The minimum atomic E-state index is -2.93. The van der Waals surface area contributed by atoms with Crippen LogP contribution in [0.1, 0.15) is 11.1 Å². The summed E-state index contributed by atoms with van der Waals surface area (Å²) in [6.07, 6.45) is 4.48. The Morgan fingerprint density at radius 2 is 0.980 bits per heavy atom. The molecule has 2 unspecified atom stereocenters. The summed E-state index contributed by atoms with van der Waals surface area (Å²) in [7, 11) is -14.9. The number of benzene rings is 2. The molecule has 0 saturated carbocycles. The van der Waals surface area contributed by atoms with Gasteiger partial charge in [-0.3, -0.25) is 0 Å². The third-order valence-electron chi connectivity index (χ3n) is 9.40. The maximum absolute atomic E-state index is 7.66. The van der Waals surface area contributed by atoms with Crippen LogP contribution < -0.4 is 10.4 Å². The summed E-state index contributed by atoms with van der Waals surface area (Å²) in [6, 6.07) is 23.9. The van der Waals surface area contributed by atoms with E-state index in [1.165, 1.54) is 46.3 Å². The van der Waals surface area contributed by atoms with Gasteiger partial charge in [0.2, 0.25) is 0 Å². The Labute approximate surface area is 318 Å². The van der Waals surface area contributed by atoms with E-state index in [1.54, 1.807) is 5.19 Å². The summed E-state index contributed by atoms with van der Waals surface area (Å²) in [5.74, 6) is 0. The quantitative estimate of drug-likeness (QED) is 0.117. The number of hydrogen-bond acceptors (Lipinski definition) is 3. The zero-order valence-electron chi connectivity index (χ0n) is 35.4. The molecular formula is C39H76O3Si8. The van der Waals surface area contributed by atoms with Crippen LogP contribution in [-0.4, -0.2) is 72.0 Å². The highest BCUT2D eigenvalue weighted by Crippen LogP contribution is 2.38. The fourth-order valence-corrected chi connectivity index (χ4v) is 52.5. The SMILES string of the molecule is C=Cc1ccc([Si](CC[Si](C)(C)C)(C[Si](C)(C)C)C[Si](C)(C)CC[Si](C)(C)O[Si](CO[Si](C)(C)C)(O[Si](C)(C)C)c2ccc(C=C)cc2)cc1. The Morgan fingerprint density at radius 3 is 1.38 bits per heavy atom. The minimum Gasteiger partial charge on any atom is -0.432 e. The van der Waals surface area contributed by atoms with Gasteiger partial charge >= 0.3 is 8.56 Å². The topological polar surface area (TPSA) is 27.7 Å². The number of hydrogen-bond donors (Lipinski definition) is 0. The lowest BCUT2D eigenvalue weighted by atomic mass is 10.2. The van der Waals surface area contributed by atoms with Crippen molar-refractivity contribution in [3.63, 3.8) is 0 Å². The van der Waals surface area contributed by atoms with Crippen LogP contribution in [-0.2, 0) is 12.7 Å². The highest BCUT2D eigenvalue weighted by atomic mass is 28.5. The smallest absolute Gasteiger partial charge is 0.377 e. The van der Waals surface area contributed by atoms with Crippen molar-refractivity contribution in [1.82, 2.24) is 0 Å². The standard InChI is InChI=1S/C39H76O3Si8/c1-19-36-21-25-38(26-22-36)49(34-44(6,7)8,32-29-43(3,4)5)35-47(15,16)30-31-48(17,18)42-50(41-46(12,13)14,33-40-45(9,10)11)39-27-23-37(20-2)24-28-39/h19-28H,1-2,29-35H2,3-18H3. The van der Waals surface area contributed by atoms with Crippen LogP contribution >= 0.6 is 0 Å². The van der Waals surface area contributed by atoms with Crippen LogP contribution in [0.15, 0.2) is 61.7 Å². The molecule has 0 N–H and O–H groups in total. The summed E-state index contributed by atoms with van der Waals surface area (Å²) in [6.45, 7) is 47.7. The Morgan fingerprint density at radius 1 is 0.500 bits per heavy atom. The zero-order chi connectivity index (χ0) is 38.5. The summed E-state index contributed by atoms with van der Waals surface area (Å²) >= 11 is 0. The molecule has 3 nitrogen and oxygen atoms in total. The predicted octanol–water partition coefficient (Wildman–Crippen LogP) is 11.9. The molecule has 0 aliphatic rings. The van der Waals surface area contributed by atoms with Crippen molar-refractivity contribution < 1.29 is 12.7 Å². The van der Waals surface area contributed by atoms with Gasteiger partial charge in [0.25, 0.3) is 0 Å². The first kappa shape index (κ1) is 45.7. The van der Waals surface area contributed by atoms with Crippen LogP contribution in [0.2, 0.25) is 140 Å². The molecule has 0 heterocycles. The molecule has 0 aromatic heterocycles. The highest BCUT2D eigenvalue weighted by Gasteiger charge is 2.50. The van der Waals surface area contributed by atoms with E-state index in [0.717, 1.165) is 5.56 Å². The van der Waals surface area contributed by atoms with Crippen LogP contribution in [0.4, 0.5) is 0 Å². The van der Waals surface area contributed by atoms with Gasteiger partial charge < -0.3 is 12.7 Å². The lowest BCUT2D eigenvalue weighted by Gasteiger charge is -2.45. The average Bonchev–Trinajstić information content (AvgIpc) is 2.95. The third kappa shape index (κ3) is 15.9. The molecule has 0 aliphatic heterocycles. The molecule has 0 bridgehead atoms. The van der Waals surface area contributed by atoms with Crippen molar-refractivity contribution >= 4 is 88.3 Å². The molecule has 11 heteroatoms. The van der Waals surface area contributed by atoms with Gasteiger partial charge in [0.05, 0.1) is 14.3 Å². The molecule has 0 spiro atoms. The number of rotatable bonds is 21. The molecular weight excluding hydrogens is 741 g/mol. The van der Waals surface area contributed by atoms with E-state index < -0.39 is 65.8 Å². The molecule has 50 heavy (non-hydrogen) atoms. The Kier molecular flexibility index (Phi) is 15.8. The third-order valence-corrected chi connectivity index (χ3v) is 41.8. The molecule has 2 rings (SSSR count). The molecule has 0 radical (unpaired) electrons. The van der Waals surface area contributed by atoms with Gasteiger partial charge in [-0.05, 0) is 74.7 Å². The fourth-order valence-electron chi connectivity index (χ4n) is 7.29. The van der Waals surface area contributed by atoms with Gasteiger partial charge in [0.15, 0.2) is 25.0 Å². The second-order valence-corrected chi connectivity index (χ2v) is 59.6. The largest absolute Gasteiger partial charge is 0.432 e. The molecule has 0 aliphatic carbocycles. The molecule has 282 valence electrons. The first-order chi connectivity index (χ1) is 22.5. The van der Waals surface area contributed by atoms with Gasteiger partial charge in [-0.15, -0.1) is 0 Å². The highest BCUT2D eigenvalue weighted by molar-refractivity contribution is 7.09. The predicted molar refractivity (Wildman–Crippen MR) is 249 cm³/mol. The van der Waals surface area contributed by atoms with E-state index in [1.807, 2.05) is 12.2 Å². The van der Waals surface area contributed by atoms with Crippen molar-refractivity contribution in [3.8, 4) is 0 Å². The molecule has 0 amide bonds. The van der Waals surface area contributed by atoms with Crippen molar-refractivity contribution in [1.29, 1.82) is 0 Å². The second-order valence-electron chi connectivity index (χ2n) is 20.8. The lowest BCUT2D eigenvalue weighted by Crippen LogP contribution is -2.66. The van der Waals surface area contributed by atoms with Crippen molar-refractivity contribution in [2.75, 3.05) is 6.23 Å². The van der Waals surface area contributed by atoms with E-state index in [-0.39, 0.29) is 0 Å². The van der Waals surface area contributed by atoms with Crippen LogP contribution in [0, 0.1) is 0 Å². The van der Waals surface area contributed by atoms with E-state index in [0.29, 0.717) is 6.23 Å². The second kappa shape index (κ2) is 17.3. The molecule has 2 atom stereocenters. The average molecular weight is 818 g/mol. The first-order valence-electron chi connectivity index (χ1n) is 19.0. The summed E-state index contributed by atoms with van der Waals surface area (Å²) in [5, 5.41) is 2.91. The van der Waals surface area contributed by atoms with Crippen LogP contribution in [0.5, 0.6) is 0 Å². The molecule has 2 aromatic carbocycles. The van der Waals surface area contributed by atoms with Gasteiger partial charge in [-0.2, -0.15) is 0 Å². The first-order valence-corrected chi connectivity index (χ1v) is 44.4. The maximum Gasteiger partial charge on any atom is 0.377 e. The van der Waals surface area contributed by atoms with Crippen molar-refractivity contribution in [2.24, 2.45) is 0 Å². The summed E-state index contributed by atoms with van der Waals surface area (Å²) in [5.41, 5.74) is 5.32. The Hall–Kier alpha value is -0.465. The lowest BCUT2D eigenvalue weighted by molar-refractivity contribution is 0.294. The van der Waals surface area contributed by atoms with Gasteiger partial charge in [0.1, 0.15) is 0 Å². The Bertz CT molecular complexity index is 1270. The van der Waals surface area contributed by atoms with Gasteiger partial charge in [-0.1, -0.05) is 161 Å². The van der Waals surface area contributed by atoms with Gasteiger partial charge in [0, 0.05) is 24.2 Å². The maximum atomic E-state index is 7.66. The van der Waals surface area contributed by atoms with E-state index in [2.05, 4.69) is 166 Å². The van der Waals surface area contributed by atoms with Crippen LogP contribution in [0.25, 0.3) is 12.2 Å². The normalized spacial score (nSPS) is 16.1. The Balaban J connectivity index is 2.56. The van der Waals surface area contributed by atoms with E-state index >= 15 is 0 Å². The molecule has 0 fully saturated rings. The van der Waals surface area contributed by atoms with Crippen molar-refractivity contribution in [2.45, 2.75) is 140 Å². The molecule has 2 aromatic rings. The zero-order valence-corrected chi connectivity index (χ0v) is 43.4.